The zero-order valence-electron chi connectivity index (χ0n) is 16.5. The first-order valence-electron chi connectivity index (χ1n) is 9.92. The van der Waals surface area contributed by atoms with E-state index in [9.17, 15) is 13.6 Å². The molecule has 1 N–H and O–H groups in total. The molecule has 0 saturated carbocycles. The van der Waals surface area contributed by atoms with Crippen molar-refractivity contribution in [2.45, 2.75) is 38.2 Å². The van der Waals surface area contributed by atoms with Crippen molar-refractivity contribution in [2.24, 2.45) is 0 Å². The number of carbonyl (C=O) groups is 1. The van der Waals surface area contributed by atoms with Gasteiger partial charge in [-0.1, -0.05) is 47.5 Å². The molecule has 1 aliphatic rings. The van der Waals surface area contributed by atoms with Crippen LogP contribution in [-0.2, 0) is 4.74 Å². The minimum absolute atomic E-state index is 0.223. The molecule has 4 rings (SSSR count). The fourth-order valence-corrected chi connectivity index (χ4v) is 4.06. The number of imidazole rings is 1. The number of halogens is 3. The van der Waals surface area contributed by atoms with Crippen LogP contribution < -0.4 is 0 Å². The van der Waals surface area contributed by atoms with Crippen LogP contribution in [-0.4, -0.2) is 40.0 Å². The molecule has 1 aliphatic heterocycles. The second-order valence-corrected chi connectivity index (χ2v) is 8.48. The summed E-state index contributed by atoms with van der Waals surface area (Å²) in [6, 6.07) is 11.1. The van der Waals surface area contributed by atoms with Crippen LogP contribution in [0.1, 0.15) is 38.1 Å². The molecule has 0 aliphatic carbocycles. The van der Waals surface area contributed by atoms with E-state index in [1.54, 1.807) is 6.20 Å². The Balaban J connectivity index is 1.58. The van der Waals surface area contributed by atoms with Crippen LogP contribution in [0.4, 0.5) is 13.6 Å². The number of carbonyl (C=O) groups excluding carboxylic acids is 1. The molecule has 1 unspecified atom stereocenters. The number of aromatic amines is 1. The SMILES string of the molecule is CCCCOC(=O)N1CC(F)(F)CC1c1ncc(-c2ccc3cc(Br)ccc3c2)[nH]1. The van der Waals surface area contributed by atoms with E-state index in [2.05, 4.69) is 25.9 Å². The average Bonchev–Trinajstić information content (AvgIpc) is 3.32. The molecule has 0 radical (unpaired) electrons. The van der Waals surface area contributed by atoms with E-state index < -0.39 is 31.0 Å². The number of alkyl halides is 2. The van der Waals surface area contributed by atoms with Gasteiger partial charge in [-0.15, -0.1) is 0 Å². The number of H-pyrrole nitrogens is 1. The van der Waals surface area contributed by atoms with E-state index in [0.29, 0.717) is 17.9 Å². The zero-order chi connectivity index (χ0) is 21.3. The number of nitrogens with one attached hydrogen (secondary N) is 1. The van der Waals surface area contributed by atoms with Gasteiger partial charge in [0.05, 0.1) is 31.1 Å². The first kappa shape index (κ1) is 20.8. The van der Waals surface area contributed by atoms with Crippen molar-refractivity contribution in [3.05, 3.63) is 52.9 Å². The fraction of sp³-hybridized carbons (Fsp3) is 0.364. The highest BCUT2D eigenvalue weighted by Gasteiger charge is 2.49. The third kappa shape index (κ3) is 4.33. The van der Waals surface area contributed by atoms with Gasteiger partial charge in [-0.25, -0.2) is 18.6 Å². The number of fused-ring (bicyclic) bond motifs is 1. The van der Waals surface area contributed by atoms with E-state index in [4.69, 9.17) is 4.74 Å². The lowest BCUT2D eigenvalue weighted by Crippen LogP contribution is -2.34. The lowest BCUT2D eigenvalue weighted by Gasteiger charge is -2.21. The van der Waals surface area contributed by atoms with Crippen LogP contribution in [0.15, 0.2) is 47.1 Å². The predicted molar refractivity (Wildman–Crippen MR) is 114 cm³/mol. The smallest absolute Gasteiger partial charge is 0.410 e. The number of nitrogens with zero attached hydrogens (tertiary/aromatic N) is 2. The number of hydrogen-bond acceptors (Lipinski definition) is 3. The number of likely N-dealkylation sites (tertiary alicyclic amines) is 1. The maximum atomic E-state index is 14.1. The van der Waals surface area contributed by atoms with Crippen molar-refractivity contribution in [3.8, 4) is 11.3 Å². The Morgan fingerprint density at radius 2 is 2.07 bits per heavy atom. The summed E-state index contributed by atoms with van der Waals surface area (Å²) < 4.78 is 34.4. The van der Waals surface area contributed by atoms with Crippen molar-refractivity contribution in [2.75, 3.05) is 13.2 Å². The third-order valence-electron chi connectivity index (χ3n) is 5.25. The Labute approximate surface area is 181 Å². The van der Waals surface area contributed by atoms with Crippen LogP contribution >= 0.6 is 15.9 Å². The van der Waals surface area contributed by atoms with E-state index in [-0.39, 0.29) is 6.61 Å². The monoisotopic (exact) mass is 477 g/mol. The maximum absolute atomic E-state index is 14.1. The fourth-order valence-electron chi connectivity index (χ4n) is 3.68. The van der Waals surface area contributed by atoms with E-state index in [1.165, 1.54) is 0 Å². The first-order valence-corrected chi connectivity index (χ1v) is 10.7. The van der Waals surface area contributed by atoms with Crippen LogP contribution in [0.3, 0.4) is 0 Å². The molecule has 0 spiro atoms. The highest BCUT2D eigenvalue weighted by atomic mass is 79.9. The summed E-state index contributed by atoms with van der Waals surface area (Å²) in [5.41, 5.74) is 1.61. The van der Waals surface area contributed by atoms with Crippen LogP contribution in [0.25, 0.3) is 22.0 Å². The van der Waals surface area contributed by atoms with E-state index in [0.717, 1.165) is 32.1 Å². The van der Waals surface area contributed by atoms with Gasteiger partial charge in [0.25, 0.3) is 5.92 Å². The molecule has 1 saturated heterocycles. The molecule has 1 amide bonds. The summed E-state index contributed by atoms with van der Waals surface area (Å²) in [7, 11) is 0. The Hall–Kier alpha value is -2.48. The number of benzene rings is 2. The first-order chi connectivity index (χ1) is 14.4. The van der Waals surface area contributed by atoms with Gasteiger partial charge in [-0.05, 0) is 35.4 Å². The van der Waals surface area contributed by atoms with Gasteiger partial charge in [-0.2, -0.15) is 0 Å². The summed E-state index contributed by atoms with van der Waals surface area (Å²) in [6.07, 6.45) is 1.97. The highest BCUT2D eigenvalue weighted by molar-refractivity contribution is 9.10. The third-order valence-corrected chi connectivity index (χ3v) is 5.75. The molecule has 1 atom stereocenters. The Morgan fingerprint density at radius 1 is 1.30 bits per heavy atom. The standard InChI is InChI=1S/C22H22BrF2N3O2/c1-2-3-8-30-21(29)28-13-22(24,25)11-19(28)20-26-12-18(27-20)16-5-4-15-10-17(23)7-6-14(15)9-16/h4-7,9-10,12,19H,2-3,8,11,13H2,1H3,(H,26,27). The van der Waals surface area contributed by atoms with Gasteiger partial charge < -0.3 is 9.72 Å². The molecule has 2 aromatic carbocycles. The van der Waals surface area contributed by atoms with Gasteiger partial charge >= 0.3 is 6.09 Å². The Bertz CT molecular complexity index is 1070. The second kappa shape index (κ2) is 8.34. The van der Waals surface area contributed by atoms with Crippen molar-refractivity contribution in [1.82, 2.24) is 14.9 Å². The van der Waals surface area contributed by atoms with Gasteiger partial charge in [0.2, 0.25) is 0 Å². The Morgan fingerprint density at radius 3 is 2.87 bits per heavy atom. The summed E-state index contributed by atoms with van der Waals surface area (Å²) in [5.74, 6) is -2.64. The van der Waals surface area contributed by atoms with Gasteiger partial charge in [-0.3, -0.25) is 4.90 Å². The average molecular weight is 478 g/mol. The quantitative estimate of drug-likeness (QED) is 0.437. The summed E-state index contributed by atoms with van der Waals surface area (Å²) >= 11 is 3.46. The number of hydrogen-bond donors (Lipinski definition) is 1. The number of amides is 1. The van der Waals surface area contributed by atoms with Crippen LogP contribution in [0.2, 0.25) is 0 Å². The number of aromatic nitrogens is 2. The lowest BCUT2D eigenvalue weighted by atomic mass is 10.1. The topological polar surface area (TPSA) is 58.2 Å². The predicted octanol–water partition coefficient (Wildman–Crippen LogP) is 6.31. The van der Waals surface area contributed by atoms with Crippen molar-refractivity contribution in [1.29, 1.82) is 0 Å². The summed E-state index contributed by atoms with van der Waals surface area (Å²) in [5, 5.41) is 2.14. The van der Waals surface area contributed by atoms with Crippen molar-refractivity contribution >= 4 is 32.8 Å². The molecule has 8 heteroatoms. The minimum atomic E-state index is -2.97. The van der Waals surface area contributed by atoms with Gasteiger partial charge in [0.1, 0.15) is 5.82 Å². The van der Waals surface area contributed by atoms with Crippen molar-refractivity contribution < 1.29 is 18.3 Å². The summed E-state index contributed by atoms with van der Waals surface area (Å²) in [6.45, 7) is 1.53. The van der Waals surface area contributed by atoms with E-state index in [1.807, 2.05) is 43.3 Å². The maximum Gasteiger partial charge on any atom is 0.410 e. The largest absolute Gasteiger partial charge is 0.449 e. The Kier molecular flexibility index (Phi) is 5.77. The molecule has 158 valence electrons. The molecular weight excluding hydrogens is 456 g/mol. The molecule has 1 fully saturated rings. The summed E-state index contributed by atoms with van der Waals surface area (Å²) in [4.78, 5) is 20.9. The lowest BCUT2D eigenvalue weighted by molar-refractivity contribution is 0.0105. The molecule has 30 heavy (non-hydrogen) atoms. The zero-order valence-corrected chi connectivity index (χ0v) is 18.1. The van der Waals surface area contributed by atoms with Crippen molar-refractivity contribution in [3.63, 3.8) is 0 Å². The molecule has 0 bridgehead atoms. The minimum Gasteiger partial charge on any atom is -0.449 e. The second-order valence-electron chi connectivity index (χ2n) is 7.56. The number of unbranched alkanes of at least 4 members (excludes halogenated alkanes) is 1. The molecule has 2 heterocycles. The van der Waals surface area contributed by atoms with Crippen LogP contribution in [0.5, 0.6) is 0 Å². The van der Waals surface area contributed by atoms with Gasteiger partial charge in [0, 0.05) is 16.5 Å². The molecular formula is C22H22BrF2N3O2. The number of ether oxygens (including phenoxy) is 1. The highest BCUT2D eigenvalue weighted by Crippen LogP contribution is 2.41. The normalized spacial score (nSPS) is 18.1. The number of rotatable bonds is 5. The molecule has 1 aromatic heterocycles. The van der Waals surface area contributed by atoms with E-state index >= 15 is 0 Å². The molecule has 3 aromatic rings. The molecule has 5 nitrogen and oxygen atoms in total. The van der Waals surface area contributed by atoms with Gasteiger partial charge in [0.15, 0.2) is 0 Å². The van der Waals surface area contributed by atoms with Crippen LogP contribution in [0, 0.1) is 0 Å².